The van der Waals surface area contributed by atoms with E-state index in [9.17, 15) is 23.9 Å². The van der Waals surface area contributed by atoms with Gasteiger partial charge in [0.15, 0.2) is 11.5 Å². The van der Waals surface area contributed by atoms with Crippen molar-refractivity contribution in [1.29, 1.82) is 0 Å². The van der Waals surface area contributed by atoms with Gasteiger partial charge in [0.2, 0.25) is 11.8 Å². The summed E-state index contributed by atoms with van der Waals surface area (Å²) in [7, 11) is 0. The molecule has 0 radical (unpaired) electrons. The second kappa shape index (κ2) is 14.3. The Morgan fingerprint density at radius 2 is 1.58 bits per heavy atom. The Balaban J connectivity index is 1.18. The van der Waals surface area contributed by atoms with Crippen LogP contribution in [0.2, 0.25) is 5.02 Å². The van der Waals surface area contributed by atoms with E-state index in [1.165, 1.54) is 29.2 Å². The van der Waals surface area contributed by atoms with E-state index in [2.05, 4.69) is 10.3 Å². The molecule has 0 spiro atoms. The Bertz CT molecular complexity index is 2300. The van der Waals surface area contributed by atoms with Gasteiger partial charge in [0, 0.05) is 35.3 Å². The van der Waals surface area contributed by atoms with E-state index in [-0.39, 0.29) is 42.8 Å². The van der Waals surface area contributed by atoms with Crippen LogP contribution >= 0.6 is 11.6 Å². The van der Waals surface area contributed by atoms with Crippen LogP contribution < -0.4 is 20.0 Å². The summed E-state index contributed by atoms with van der Waals surface area (Å²) in [5.41, 5.74) is 4.55. The third-order valence-corrected chi connectivity index (χ3v) is 12.6. The number of halogens is 2. The first kappa shape index (κ1) is 36.9. The minimum atomic E-state index is -1.65. The third kappa shape index (κ3) is 5.79. The molecule has 6 atom stereocenters. The molecule has 4 fully saturated rings. The van der Waals surface area contributed by atoms with E-state index in [0.717, 1.165) is 23.8 Å². The summed E-state index contributed by atoms with van der Waals surface area (Å²) in [6, 6.07) is 24.5. The number of allylic oxidation sites excluding steroid dienone is 2. The molecule has 0 aromatic heterocycles. The number of benzene rings is 4. The average molecular weight is 791 g/mol. The molecule has 5 aliphatic rings. The Morgan fingerprint density at radius 1 is 0.877 bits per heavy atom. The molecule has 0 unspecified atom stereocenters. The Hall–Kier alpha value is -5.72. The first-order valence-electron chi connectivity index (χ1n) is 19.2. The Labute approximate surface area is 333 Å². The smallest absolute Gasteiger partial charge is 0.260 e. The summed E-state index contributed by atoms with van der Waals surface area (Å²) >= 11 is 6.40. The summed E-state index contributed by atoms with van der Waals surface area (Å²) < 4.78 is 25.3. The lowest BCUT2D eigenvalue weighted by Crippen LogP contribution is -2.53. The van der Waals surface area contributed by atoms with Gasteiger partial charge in [-0.05, 0) is 98.0 Å². The van der Waals surface area contributed by atoms with E-state index < -0.39 is 52.6 Å². The number of rotatable bonds is 8. The molecule has 1 saturated carbocycles. The molecular weight excluding hydrogens is 751 g/mol. The summed E-state index contributed by atoms with van der Waals surface area (Å²) in [4.78, 5) is 62.8. The average Bonchev–Trinajstić information content (AvgIpc) is 3.61. The van der Waals surface area contributed by atoms with Gasteiger partial charge in [-0.15, -0.1) is 0 Å². The monoisotopic (exact) mass is 790 g/mol. The highest BCUT2D eigenvalue weighted by atomic mass is 35.5. The fraction of sp³-hybridized carbons (Fsp3) is 0.318. The lowest BCUT2D eigenvalue weighted by molar-refractivity contribution is -0.138. The van der Waals surface area contributed by atoms with E-state index in [0.29, 0.717) is 46.3 Å². The maximum atomic E-state index is 15.4. The number of phenolic OH excluding ortho intramolecular Hbond substituents is 1. The molecule has 2 aliphatic carbocycles. The number of hydrogen-bond donors (Lipinski definition) is 2. The van der Waals surface area contributed by atoms with Crippen LogP contribution in [0, 0.1) is 29.5 Å². The van der Waals surface area contributed by atoms with Crippen LogP contribution in [-0.4, -0.2) is 66.7 Å². The zero-order valence-corrected chi connectivity index (χ0v) is 31.8. The van der Waals surface area contributed by atoms with Gasteiger partial charge in [0.25, 0.3) is 11.8 Å². The highest BCUT2D eigenvalue weighted by Gasteiger charge is 2.70. The van der Waals surface area contributed by atoms with Crippen LogP contribution in [-0.2, 0) is 29.3 Å². The van der Waals surface area contributed by atoms with Gasteiger partial charge in [0.05, 0.1) is 54.4 Å². The number of hydrazine groups is 1. The number of imide groups is 2. The normalized spacial score (nSPS) is 26.9. The number of phenols is 1. The van der Waals surface area contributed by atoms with Crippen molar-refractivity contribution in [3.63, 3.8) is 0 Å². The largest absolute Gasteiger partial charge is 0.504 e. The van der Waals surface area contributed by atoms with Crippen LogP contribution in [0.3, 0.4) is 0 Å². The van der Waals surface area contributed by atoms with Gasteiger partial charge in [-0.1, -0.05) is 47.5 Å². The van der Waals surface area contributed by atoms with Gasteiger partial charge in [0.1, 0.15) is 5.82 Å². The number of anilines is 3. The number of carbonyl (C=O) groups is 4. The Morgan fingerprint density at radius 3 is 2.28 bits per heavy atom. The molecule has 3 heterocycles. The van der Waals surface area contributed by atoms with Crippen LogP contribution in [0.15, 0.2) is 103 Å². The molecule has 2 N–H and O–H groups in total. The second-order valence-electron chi connectivity index (χ2n) is 15.1. The maximum absolute atomic E-state index is 15.4. The molecule has 4 aromatic rings. The number of nitrogens with one attached hydrogen (secondary N) is 1. The topological polar surface area (TPSA) is 129 Å². The minimum Gasteiger partial charge on any atom is -0.504 e. The lowest BCUT2D eigenvalue weighted by Gasteiger charge is -2.50. The van der Waals surface area contributed by atoms with Crippen LogP contribution in [0.4, 0.5) is 21.5 Å². The quantitative estimate of drug-likeness (QED) is 0.150. The predicted molar refractivity (Wildman–Crippen MR) is 210 cm³/mol. The van der Waals surface area contributed by atoms with Gasteiger partial charge < -0.3 is 19.5 Å². The minimum absolute atomic E-state index is 0.0625. The van der Waals surface area contributed by atoms with Gasteiger partial charge in [-0.3, -0.25) is 29.5 Å². The highest BCUT2D eigenvalue weighted by molar-refractivity contribution is 6.30. The highest BCUT2D eigenvalue weighted by Crippen LogP contribution is 2.65. The van der Waals surface area contributed by atoms with Crippen molar-refractivity contribution >= 4 is 52.3 Å². The van der Waals surface area contributed by atoms with E-state index in [1.54, 1.807) is 61.5 Å². The number of amides is 4. The first-order chi connectivity index (χ1) is 27.6. The van der Waals surface area contributed by atoms with Crippen molar-refractivity contribution in [2.24, 2.45) is 23.7 Å². The van der Waals surface area contributed by atoms with Crippen LogP contribution in [0.5, 0.6) is 11.5 Å². The maximum Gasteiger partial charge on any atom is 0.260 e. The van der Waals surface area contributed by atoms with E-state index in [4.69, 9.17) is 21.1 Å². The standard InChI is InChI=1S/C44H40ClFN4O7/c1-2-57-36-5-3-4-33(39(36)51)38-31-18-19-32-37(42(54)49(40(32)52)30-16-14-29(15-17-30)48-20-22-56-23-21-48)34(31)24-35-41(53)50(47-28-12-10-27(46)11-13-28)43(55)44(35,38)25-6-8-26(45)9-7-25/h3-18,32,34-35,37-38,47,51H,2,19-24H2,1H3/t32-,34+,35-,37-,38+,44+/m0/s1. The lowest BCUT2D eigenvalue weighted by atomic mass is 9.49. The molecule has 292 valence electrons. The van der Waals surface area contributed by atoms with Crippen LogP contribution in [0.1, 0.15) is 36.8 Å². The molecule has 3 saturated heterocycles. The molecule has 0 bridgehead atoms. The Kier molecular flexibility index (Phi) is 9.28. The van der Waals surface area contributed by atoms with Crippen molar-refractivity contribution < 1.29 is 38.1 Å². The van der Waals surface area contributed by atoms with Gasteiger partial charge in [-0.25, -0.2) is 4.39 Å². The van der Waals surface area contributed by atoms with Crippen molar-refractivity contribution in [2.75, 3.05) is 48.1 Å². The first-order valence-corrected chi connectivity index (χ1v) is 19.6. The van der Waals surface area contributed by atoms with Gasteiger partial charge in [-0.2, -0.15) is 5.01 Å². The molecule has 3 aliphatic heterocycles. The van der Waals surface area contributed by atoms with Crippen molar-refractivity contribution in [3.05, 3.63) is 125 Å². The number of nitrogens with zero attached hydrogens (tertiary/aromatic N) is 3. The van der Waals surface area contributed by atoms with Crippen LogP contribution in [0.25, 0.3) is 0 Å². The fourth-order valence-electron chi connectivity index (χ4n) is 9.93. The molecule has 9 rings (SSSR count). The molecular formula is C44H40ClFN4O7. The van der Waals surface area contributed by atoms with Crippen molar-refractivity contribution in [2.45, 2.75) is 31.1 Å². The molecule has 4 aromatic carbocycles. The molecule has 57 heavy (non-hydrogen) atoms. The third-order valence-electron chi connectivity index (χ3n) is 12.4. The number of hydrogen-bond acceptors (Lipinski definition) is 9. The number of morpholine rings is 1. The van der Waals surface area contributed by atoms with Gasteiger partial charge >= 0.3 is 0 Å². The summed E-state index contributed by atoms with van der Waals surface area (Å²) in [6.07, 6.45) is 2.21. The molecule has 11 nitrogen and oxygen atoms in total. The fourth-order valence-corrected chi connectivity index (χ4v) is 10.1. The zero-order chi connectivity index (χ0) is 39.6. The van der Waals surface area contributed by atoms with Crippen molar-refractivity contribution in [3.8, 4) is 11.5 Å². The second-order valence-corrected chi connectivity index (χ2v) is 15.6. The number of carbonyl (C=O) groups excluding carboxylic acids is 4. The number of ether oxygens (including phenoxy) is 2. The predicted octanol–water partition coefficient (Wildman–Crippen LogP) is 6.61. The zero-order valence-electron chi connectivity index (χ0n) is 31.1. The molecule has 4 amide bonds. The van der Waals surface area contributed by atoms with Crippen molar-refractivity contribution in [1.82, 2.24) is 5.01 Å². The van der Waals surface area contributed by atoms with E-state index in [1.807, 2.05) is 18.2 Å². The number of fused-ring (bicyclic) bond motifs is 4. The molecule has 13 heteroatoms. The summed E-state index contributed by atoms with van der Waals surface area (Å²) in [5.74, 6) is -6.54. The summed E-state index contributed by atoms with van der Waals surface area (Å²) in [5, 5.41) is 13.4. The number of aromatic hydroxyl groups is 1. The summed E-state index contributed by atoms with van der Waals surface area (Å²) in [6.45, 7) is 4.77. The number of para-hydroxylation sites is 1. The van der Waals surface area contributed by atoms with E-state index >= 15 is 4.79 Å². The SMILES string of the molecule is CCOc1cccc([C@H]2C3=CC[C@@H]4C(=O)N(c5ccc(N6CCOCC6)cc5)C(=O)[C@@H]4[C@@H]3C[C@H]3C(=O)N(Nc4ccc(F)cc4)C(=O)[C@@]23c2ccc(Cl)cc2)c1O.